The number of carbonyl (C=O) groups excluding carboxylic acids is 1. The van der Waals surface area contributed by atoms with Crippen molar-refractivity contribution in [2.45, 2.75) is 57.8 Å². The highest BCUT2D eigenvalue weighted by molar-refractivity contribution is 7.13. The normalized spacial score (nSPS) is 16.5. The van der Waals surface area contributed by atoms with E-state index in [1.807, 2.05) is 23.6 Å². The Labute approximate surface area is 178 Å². The summed E-state index contributed by atoms with van der Waals surface area (Å²) < 4.78 is 1.57. The molecule has 0 atom stereocenters. The minimum atomic E-state index is -0.105. The van der Waals surface area contributed by atoms with Crippen LogP contribution in [0.25, 0.3) is 16.5 Å². The number of rotatable bonds is 5. The molecule has 30 heavy (non-hydrogen) atoms. The molecule has 1 saturated carbocycles. The second-order valence-electron chi connectivity index (χ2n) is 8.23. The topological polar surface area (TPSA) is 92.7 Å². The molecule has 2 aliphatic carbocycles. The van der Waals surface area contributed by atoms with E-state index in [9.17, 15) is 9.59 Å². The van der Waals surface area contributed by atoms with Crippen molar-refractivity contribution in [3.63, 3.8) is 0 Å². The monoisotopic (exact) mass is 423 g/mol. The molecule has 2 N–H and O–H groups in total. The average Bonchev–Trinajstić information content (AvgIpc) is 3.50. The number of amides is 1. The van der Waals surface area contributed by atoms with E-state index < -0.39 is 0 Å². The Morgan fingerprint density at radius 1 is 1.23 bits per heavy atom. The molecule has 0 aliphatic heterocycles. The number of aromatic nitrogens is 4. The van der Waals surface area contributed by atoms with Gasteiger partial charge in [0, 0.05) is 18.1 Å². The van der Waals surface area contributed by atoms with E-state index in [1.54, 1.807) is 16.0 Å². The molecule has 0 bridgehead atoms. The summed E-state index contributed by atoms with van der Waals surface area (Å²) in [4.78, 5) is 33.9. The van der Waals surface area contributed by atoms with Crippen LogP contribution in [0.5, 0.6) is 0 Å². The molecule has 156 valence electrons. The van der Waals surface area contributed by atoms with Gasteiger partial charge < -0.3 is 5.32 Å². The molecule has 3 aromatic rings. The Bertz CT molecular complexity index is 1110. The fraction of sp³-hybridized carbons (Fsp3) is 0.455. The molecule has 8 heteroatoms. The molecule has 0 unspecified atom stereocenters. The van der Waals surface area contributed by atoms with Crippen LogP contribution >= 0.6 is 11.3 Å². The van der Waals surface area contributed by atoms with E-state index in [4.69, 9.17) is 4.98 Å². The van der Waals surface area contributed by atoms with Crippen molar-refractivity contribution in [2.24, 2.45) is 5.92 Å². The van der Waals surface area contributed by atoms with Crippen LogP contribution in [0.2, 0.25) is 0 Å². The number of hydrogen-bond donors (Lipinski definition) is 2. The van der Waals surface area contributed by atoms with E-state index in [2.05, 4.69) is 15.4 Å². The lowest BCUT2D eigenvalue weighted by Crippen LogP contribution is -2.25. The van der Waals surface area contributed by atoms with Crippen molar-refractivity contribution in [2.75, 3.05) is 5.32 Å². The molecule has 7 nitrogen and oxygen atoms in total. The van der Waals surface area contributed by atoms with Gasteiger partial charge in [0.2, 0.25) is 11.9 Å². The highest BCUT2D eigenvalue weighted by Gasteiger charge is 2.22. The number of fused-ring (bicyclic) bond motifs is 1. The predicted octanol–water partition coefficient (Wildman–Crippen LogP) is 4.08. The second kappa shape index (κ2) is 8.18. The summed E-state index contributed by atoms with van der Waals surface area (Å²) in [5.41, 5.74) is 2.27. The van der Waals surface area contributed by atoms with Gasteiger partial charge in [-0.2, -0.15) is 9.78 Å². The first-order chi connectivity index (χ1) is 14.7. The number of carbonyl (C=O) groups is 1. The zero-order valence-electron chi connectivity index (χ0n) is 16.8. The molecule has 0 spiro atoms. The summed E-state index contributed by atoms with van der Waals surface area (Å²) in [5, 5.41) is 9.69. The van der Waals surface area contributed by atoms with Crippen molar-refractivity contribution in [3.05, 3.63) is 45.2 Å². The Morgan fingerprint density at radius 3 is 2.87 bits per heavy atom. The number of H-pyrrole nitrogens is 1. The molecule has 2 aliphatic rings. The quantitative estimate of drug-likeness (QED) is 0.647. The van der Waals surface area contributed by atoms with E-state index >= 15 is 0 Å². The molecular weight excluding hydrogens is 398 g/mol. The molecule has 1 amide bonds. The summed E-state index contributed by atoms with van der Waals surface area (Å²) in [7, 11) is 0. The second-order valence-corrected chi connectivity index (χ2v) is 9.18. The van der Waals surface area contributed by atoms with Crippen LogP contribution in [0.15, 0.2) is 28.4 Å². The fourth-order valence-corrected chi connectivity index (χ4v) is 5.22. The van der Waals surface area contributed by atoms with Gasteiger partial charge in [-0.15, -0.1) is 11.3 Å². The fourth-order valence-electron chi connectivity index (χ4n) is 4.54. The molecule has 1 fully saturated rings. The molecule has 5 rings (SSSR count). The smallest absolute Gasteiger partial charge is 0.255 e. The van der Waals surface area contributed by atoms with Crippen molar-refractivity contribution < 1.29 is 4.79 Å². The standard InChI is InChI=1S/C22H25N5O2S/c28-20(12-14-6-1-2-7-14)24-19-13-17(18-10-5-11-30-18)26-27(19)22-23-16-9-4-3-8-15(16)21(29)25-22/h5,10-11,13-14H,1-4,6-9,12H2,(H,24,28)(H,23,25,29). The summed E-state index contributed by atoms with van der Waals surface area (Å²) >= 11 is 1.58. The molecular formula is C22H25N5O2S. The van der Waals surface area contributed by atoms with Crippen LogP contribution in [0.4, 0.5) is 5.82 Å². The Kier molecular flexibility index (Phi) is 5.25. The van der Waals surface area contributed by atoms with Crippen molar-refractivity contribution in [1.29, 1.82) is 0 Å². The van der Waals surface area contributed by atoms with Crippen LogP contribution in [-0.2, 0) is 17.6 Å². The van der Waals surface area contributed by atoms with E-state index in [1.165, 1.54) is 12.8 Å². The number of aromatic amines is 1. The highest BCUT2D eigenvalue weighted by Crippen LogP contribution is 2.30. The van der Waals surface area contributed by atoms with E-state index in [0.29, 0.717) is 24.1 Å². The lowest BCUT2D eigenvalue weighted by atomic mass is 9.97. The zero-order valence-corrected chi connectivity index (χ0v) is 17.6. The van der Waals surface area contributed by atoms with Crippen LogP contribution in [-0.4, -0.2) is 25.7 Å². The number of thiophene rings is 1. The van der Waals surface area contributed by atoms with Gasteiger partial charge in [-0.1, -0.05) is 18.9 Å². The first-order valence-electron chi connectivity index (χ1n) is 10.7. The first kappa shape index (κ1) is 19.2. The van der Waals surface area contributed by atoms with Crippen LogP contribution in [0.3, 0.4) is 0 Å². The van der Waals surface area contributed by atoms with Crippen molar-refractivity contribution in [3.8, 4) is 16.5 Å². The van der Waals surface area contributed by atoms with Gasteiger partial charge in [-0.25, -0.2) is 4.98 Å². The largest absolute Gasteiger partial charge is 0.310 e. The maximum absolute atomic E-state index is 12.7. The SMILES string of the molecule is O=C(CC1CCCC1)Nc1cc(-c2cccs2)nn1-c1nc2c(c(=O)[nH]1)CCCC2. The Balaban J connectivity index is 1.51. The number of anilines is 1. The minimum absolute atomic E-state index is 0.0129. The third kappa shape index (κ3) is 3.84. The van der Waals surface area contributed by atoms with Crippen LogP contribution < -0.4 is 10.9 Å². The third-order valence-electron chi connectivity index (χ3n) is 6.08. The van der Waals surface area contributed by atoms with Crippen molar-refractivity contribution in [1.82, 2.24) is 19.7 Å². The number of aryl methyl sites for hydroxylation is 1. The zero-order chi connectivity index (χ0) is 20.5. The van der Waals surface area contributed by atoms with Gasteiger partial charge in [0.15, 0.2) is 0 Å². The number of nitrogens with one attached hydrogen (secondary N) is 2. The highest BCUT2D eigenvalue weighted by atomic mass is 32.1. The first-order valence-corrected chi connectivity index (χ1v) is 11.6. The molecule has 0 saturated heterocycles. The number of nitrogens with zero attached hydrogens (tertiary/aromatic N) is 3. The molecule has 0 radical (unpaired) electrons. The predicted molar refractivity (Wildman–Crippen MR) is 117 cm³/mol. The van der Waals surface area contributed by atoms with Gasteiger partial charge in [-0.05, 0) is 55.9 Å². The van der Waals surface area contributed by atoms with Crippen molar-refractivity contribution >= 4 is 23.1 Å². The van der Waals surface area contributed by atoms with Gasteiger partial charge in [-0.3, -0.25) is 14.6 Å². The molecule has 3 aromatic heterocycles. The average molecular weight is 424 g/mol. The Morgan fingerprint density at radius 2 is 2.07 bits per heavy atom. The van der Waals surface area contributed by atoms with Crippen LogP contribution in [0.1, 0.15) is 56.2 Å². The van der Waals surface area contributed by atoms with Gasteiger partial charge >= 0.3 is 0 Å². The number of hydrogen-bond acceptors (Lipinski definition) is 5. The van der Waals surface area contributed by atoms with Gasteiger partial charge in [0.1, 0.15) is 11.5 Å². The Hall–Kier alpha value is -2.74. The molecule has 0 aromatic carbocycles. The summed E-state index contributed by atoms with van der Waals surface area (Å²) in [6.07, 6.45) is 8.79. The van der Waals surface area contributed by atoms with Gasteiger partial charge in [0.05, 0.1) is 10.6 Å². The minimum Gasteiger partial charge on any atom is -0.310 e. The summed E-state index contributed by atoms with van der Waals surface area (Å²) in [5.74, 6) is 1.35. The van der Waals surface area contributed by atoms with E-state index in [0.717, 1.165) is 60.4 Å². The third-order valence-corrected chi connectivity index (χ3v) is 6.97. The van der Waals surface area contributed by atoms with E-state index in [-0.39, 0.29) is 11.5 Å². The lowest BCUT2D eigenvalue weighted by Gasteiger charge is -2.15. The van der Waals surface area contributed by atoms with Gasteiger partial charge in [0.25, 0.3) is 5.56 Å². The maximum Gasteiger partial charge on any atom is 0.255 e. The molecule has 3 heterocycles. The van der Waals surface area contributed by atoms with Crippen LogP contribution in [0, 0.1) is 5.92 Å². The summed E-state index contributed by atoms with van der Waals surface area (Å²) in [6.45, 7) is 0. The summed E-state index contributed by atoms with van der Waals surface area (Å²) in [6, 6.07) is 5.82. The lowest BCUT2D eigenvalue weighted by molar-refractivity contribution is -0.117. The maximum atomic E-state index is 12.7.